The number of aromatic nitrogens is 3. The molecular formula is C20H22N4O2. The molecule has 2 heterocycles. The third-order valence-corrected chi connectivity index (χ3v) is 4.01. The van der Waals surface area contributed by atoms with Crippen molar-refractivity contribution in [1.82, 2.24) is 20.5 Å². The van der Waals surface area contributed by atoms with Crippen LogP contribution >= 0.6 is 0 Å². The molecular weight excluding hydrogens is 328 g/mol. The van der Waals surface area contributed by atoms with Gasteiger partial charge in [0.05, 0.1) is 17.4 Å². The van der Waals surface area contributed by atoms with Crippen LogP contribution in [0.25, 0.3) is 0 Å². The third kappa shape index (κ3) is 4.47. The summed E-state index contributed by atoms with van der Waals surface area (Å²) in [6.45, 7) is 4.34. The maximum absolute atomic E-state index is 12.5. The van der Waals surface area contributed by atoms with E-state index in [0.717, 1.165) is 29.1 Å². The third-order valence-electron chi connectivity index (χ3n) is 4.01. The number of rotatable bonds is 7. The molecule has 0 saturated heterocycles. The van der Waals surface area contributed by atoms with Gasteiger partial charge in [-0.2, -0.15) is 5.10 Å². The van der Waals surface area contributed by atoms with Crippen molar-refractivity contribution < 1.29 is 9.53 Å². The van der Waals surface area contributed by atoms with Gasteiger partial charge in [-0.15, -0.1) is 0 Å². The first-order valence-electron chi connectivity index (χ1n) is 8.61. The van der Waals surface area contributed by atoms with E-state index in [4.69, 9.17) is 4.74 Å². The molecule has 3 rings (SSSR count). The van der Waals surface area contributed by atoms with Crippen molar-refractivity contribution in [2.75, 3.05) is 0 Å². The van der Waals surface area contributed by atoms with Gasteiger partial charge in [-0.25, -0.2) is 0 Å². The normalized spacial score (nSPS) is 11.8. The van der Waals surface area contributed by atoms with E-state index in [-0.39, 0.29) is 11.9 Å². The van der Waals surface area contributed by atoms with Crippen molar-refractivity contribution in [3.05, 3.63) is 77.4 Å². The smallest absolute Gasteiger partial charge is 0.272 e. The van der Waals surface area contributed by atoms with Crippen molar-refractivity contribution in [2.24, 2.45) is 0 Å². The Kier molecular flexibility index (Phi) is 5.63. The van der Waals surface area contributed by atoms with E-state index < -0.39 is 0 Å². The van der Waals surface area contributed by atoms with Crippen LogP contribution in [0.5, 0.6) is 5.75 Å². The highest BCUT2D eigenvalue weighted by atomic mass is 16.5. The molecule has 6 nitrogen and oxygen atoms in total. The minimum atomic E-state index is -0.234. The molecule has 0 aliphatic heterocycles. The molecule has 6 heteroatoms. The molecule has 26 heavy (non-hydrogen) atoms. The molecule has 134 valence electrons. The van der Waals surface area contributed by atoms with Crippen LogP contribution in [-0.4, -0.2) is 21.1 Å². The largest absolute Gasteiger partial charge is 0.487 e. The zero-order chi connectivity index (χ0) is 18.4. The second-order valence-electron chi connectivity index (χ2n) is 6.07. The predicted molar refractivity (Wildman–Crippen MR) is 98.8 cm³/mol. The van der Waals surface area contributed by atoms with Crippen molar-refractivity contribution in [3.63, 3.8) is 0 Å². The van der Waals surface area contributed by atoms with Gasteiger partial charge in [0.1, 0.15) is 18.1 Å². The first-order chi connectivity index (χ1) is 12.7. The number of amides is 1. The first kappa shape index (κ1) is 17.7. The van der Waals surface area contributed by atoms with Crippen molar-refractivity contribution in [2.45, 2.75) is 32.9 Å². The molecule has 2 aromatic heterocycles. The van der Waals surface area contributed by atoms with Gasteiger partial charge in [0, 0.05) is 6.20 Å². The summed E-state index contributed by atoms with van der Waals surface area (Å²) in [6, 6.07) is 15.0. The van der Waals surface area contributed by atoms with Gasteiger partial charge in [-0.3, -0.25) is 14.9 Å². The number of ether oxygens (including phenoxy) is 1. The highest BCUT2D eigenvalue weighted by Gasteiger charge is 2.17. The highest BCUT2D eigenvalue weighted by Crippen LogP contribution is 2.16. The average molecular weight is 350 g/mol. The van der Waals surface area contributed by atoms with Gasteiger partial charge < -0.3 is 10.1 Å². The van der Waals surface area contributed by atoms with Gasteiger partial charge >= 0.3 is 0 Å². The van der Waals surface area contributed by atoms with Crippen LogP contribution in [0.3, 0.4) is 0 Å². The van der Waals surface area contributed by atoms with E-state index in [1.807, 2.05) is 56.3 Å². The fourth-order valence-corrected chi connectivity index (χ4v) is 2.60. The summed E-state index contributed by atoms with van der Waals surface area (Å²) in [4.78, 5) is 16.9. The predicted octanol–water partition coefficient (Wildman–Crippen LogP) is 3.57. The molecule has 0 fully saturated rings. The molecule has 3 aromatic rings. The van der Waals surface area contributed by atoms with Crippen LogP contribution in [0.4, 0.5) is 0 Å². The lowest BCUT2D eigenvalue weighted by Crippen LogP contribution is -2.29. The molecule has 1 atom stereocenters. The van der Waals surface area contributed by atoms with E-state index in [2.05, 4.69) is 20.5 Å². The zero-order valence-electron chi connectivity index (χ0n) is 14.9. The average Bonchev–Trinajstić information content (AvgIpc) is 3.14. The number of nitrogens with zero attached hydrogens (tertiary/aromatic N) is 2. The second kappa shape index (κ2) is 8.29. The number of para-hydroxylation sites is 1. The Morgan fingerprint density at radius 2 is 2.04 bits per heavy atom. The Labute approximate surface area is 152 Å². The zero-order valence-corrected chi connectivity index (χ0v) is 14.9. The monoisotopic (exact) mass is 350 g/mol. The van der Waals surface area contributed by atoms with Crippen LogP contribution in [0.15, 0.2) is 54.7 Å². The Balaban J connectivity index is 1.62. The summed E-state index contributed by atoms with van der Waals surface area (Å²) in [5.41, 5.74) is 3.04. The Bertz CT molecular complexity index is 861. The maximum atomic E-state index is 12.5. The van der Waals surface area contributed by atoms with Gasteiger partial charge in [0.2, 0.25) is 0 Å². The summed E-state index contributed by atoms with van der Waals surface area (Å²) in [7, 11) is 0. The molecule has 0 saturated carbocycles. The van der Waals surface area contributed by atoms with Gasteiger partial charge in [0.25, 0.3) is 5.91 Å². The fraction of sp³-hybridized carbons (Fsp3) is 0.250. The number of aryl methyl sites for hydroxylation is 1. The van der Waals surface area contributed by atoms with Crippen LogP contribution in [0, 0.1) is 6.92 Å². The number of H-pyrrole nitrogens is 1. The van der Waals surface area contributed by atoms with Crippen LogP contribution in [-0.2, 0) is 6.61 Å². The summed E-state index contributed by atoms with van der Waals surface area (Å²) < 4.78 is 5.66. The molecule has 0 aliphatic rings. The second-order valence-corrected chi connectivity index (χ2v) is 6.07. The van der Waals surface area contributed by atoms with Crippen molar-refractivity contribution in [3.8, 4) is 5.75 Å². The number of hydrogen-bond donors (Lipinski definition) is 2. The minimum absolute atomic E-state index is 0.150. The number of hydrogen-bond acceptors (Lipinski definition) is 4. The van der Waals surface area contributed by atoms with E-state index in [9.17, 15) is 4.79 Å². The molecule has 0 spiro atoms. The molecule has 0 radical (unpaired) electrons. The van der Waals surface area contributed by atoms with Gasteiger partial charge in [-0.05, 0) is 49.2 Å². The number of benzene rings is 1. The number of aromatic amines is 1. The molecule has 0 aliphatic carbocycles. The lowest BCUT2D eigenvalue weighted by Gasteiger charge is -2.16. The summed E-state index contributed by atoms with van der Waals surface area (Å²) >= 11 is 0. The molecule has 0 bridgehead atoms. The van der Waals surface area contributed by atoms with E-state index in [1.54, 1.807) is 12.3 Å². The Morgan fingerprint density at radius 3 is 2.77 bits per heavy atom. The van der Waals surface area contributed by atoms with E-state index >= 15 is 0 Å². The topological polar surface area (TPSA) is 79.9 Å². The van der Waals surface area contributed by atoms with Crippen LogP contribution < -0.4 is 10.1 Å². The Morgan fingerprint density at radius 1 is 1.23 bits per heavy atom. The minimum Gasteiger partial charge on any atom is -0.487 e. The van der Waals surface area contributed by atoms with Crippen LogP contribution in [0.2, 0.25) is 0 Å². The van der Waals surface area contributed by atoms with Gasteiger partial charge in [0.15, 0.2) is 0 Å². The number of carbonyl (C=O) groups excluding carboxylic acids is 1. The van der Waals surface area contributed by atoms with Crippen LogP contribution in [0.1, 0.15) is 46.8 Å². The molecule has 0 unspecified atom stereocenters. The highest BCUT2D eigenvalue weighted by molar-refractivity contribution is 5.92. The quantitative estimate of drug-likeness (QED) is 0.683. The molecule has 1 amide bonds. The van der Waals surface area contributed by atoms with Crippen molar-refractivity contribution in [1.29, 1.82) is 0 Å². The lowest BCUT2D eigenvalue weighted by atomic mass is 10.1. The van der Waals surface area contributed by atoms with Gasteiger partial charge in [-0.1, -0.05) is 25.1 Å². The summed E-state index contributed by atoms with van der Waals surface area (Å²) in [6.07, 6.45) is 2.50. The van der Waals surface area contributed by atoms with E-state index in [0.29, 0.717) is 12.3 Å². The number of pyridine rings is 1. The summed E-state index contributed by atoms with van der Waals surface area (Å²) in [5, 5.41) is 9.92. The van der Waals surface area contributed by atoms with E-state index in [1.165, 1.54) is 0 Å². The number of carbonyl (C=O) groups is 1. The maximum Gasteiger partial charge on any atom is 0.272 e. The Hall–Kier alpha value is -3.15. The molecule has 2 N–H and O–H groups in total. The number of nitrogens with one attached hydrogen (secondary N) is 2. The standard InChI is InChI=1S/C20H22N4O2/c1-3-17(18-11-14(2)9-10-21-18)22-20(25)19-12-15(23-24-19)13-26-16-7-5-4-6-8-16/h4-12,17H,3,13H2,1-2H3,(H,22,25)(H,23,24)/t17-/m1/s1. The SMILES string of the molecule is CC[C@@H](NC(=O)c1cc(COc2ccccc2)[nH]n1)c1cc(C)ccn1. The first-order valence-corrected chi connectivity index (χ1v) is 8.61. The lowest BCUT2D eigenvalue weighted by molar-refractivity contribution is 0.0929. The summed E-state index contributed by atoms with van der Waals surface area (Å²) in [5.74, 6) is 0.534. The van der Waals surface area contributed by atoms with Crippen molar-refractivity contribution >= 4 is 5.91 Å². The fourth-order valence-electron chi connectivity index (χ4n) is 2.60. The molecule has 1 aromatic carbocycles.